The maximum atomic E-state index is 5.01. The van der Waals surface area contributed by atoms with Crippen molar-refractivity contribution in [3.05, 3.63) is 469 Å². The number of benzene rings is 17. The van der Waals surface area contributed by atoms with Crippen molar-refractivity contribution in [3.63, 3.8) is 0 Å². The van der Waals surface area contributed by atoms with Gasteiger partial charge in [0.25, 0.3) is 0 Å². The van der Waals surface area contributed by atoms with Crippen molar-refractivity contribution in [2.75, 3.05) is 0 Å². The molecular formula is C116H90Ir5N11. The van der Waals surface area contributed by atoms with E-state index in [1.807, 2.05) is 73.4 Å². The molecule has 0 unspecified atom stereocenters. The smallest absolute Gasteiger partial charge is 0.358 e. The van der Waals surface area contributed by atoms with Gasteiger partial charge in [0.2, 0.25) is 0 Å². The summed E-state index contributed by atoms with van der Waals surface area (Å²) in [5.74, 6) is 0. The first-order valence-corrected chi connectivity index (χ1v) is 39.1. The van der Waals surface area contributed by atoms with E-state index in [2.05, 4.69) is 352 Å². The Balaban J connectivity index is 0.000000182. The van der Waals surface area contributed by atoms with Crippen molar-refractivity contribution in [1.29, 1.82) is 0 Å². The quantitative estimate of drug-likeness (QED) is 0.0852. The van der Waals surface area contributed by atoms with Crippen LogP contribution in [0.3, 0.4) is 0 Å². The molecular weight excluding hydrogens is 2510 g/mol. The summed E-state index contributed by atoms with van der Waals surface area (Å²) in [6.45, 7) is 0. The predicted octanol–water partition coefficient (Wildman–Crippen LogP) is 30.3. The Labute approximate surface area is 837 Å². The van der Waals surface area contributed by atoms with Gasteiger partial charge in [0.1, 0.15) is 0 Å². The van der Waals surface area contributed by atoms with Gasteiger partial charge in [-0.2, -0.15) is 0 Å². The molecule has 132 heavy (non-hydrogen) atoms. The van der Waals surface area contributed by atoms with Gasteiger partial charge in [-0.3, -0.25) is 29.9 Å². The van der Waals surface area contributed by atoms with E-state index in [1.165, 1.54) is 119 Å². The van der Waals surface area contributed by atoms with Gasteiger partial charge < -0.3 is 96.3 Å². The molecule has 0 fully saturated rings. The number of aromatic nitrogens is 11. The van der Waals surface area contributed by atoms with Crippen LogP contribution < -0.4 is 0 Å². The van der Waals surface area contributed by atoms with E-state index in [9.17, 15) is 0 Å². The first-order chi connectivity index (χ1) is 58.1. The summed E-state index contributed by atoms with van der Waals surface area (Å²) >= 11 is 0. The van der Waals surface area contributed by atoms with Crippen LogP contribution in [0.5, 0.6) is 0 Å². The summed E-state index contributed by atoms with van der Waals surface area (Å²) in [5, 5.41) is 29.8. The van der Waals surface area contributed by atoms with E-state index in [1.54, 1.807) is 6.20 Å². The second-order valence-corrected chi connectivity index (χ2v) is 29.7. The topological polar surface area (TPSA) is 99.4 Å². The molecule has 0 amide bonds. The molecule has 654 valence electrons. The maximum absolute atomic E-state index is 5.01. The van der Waals surface area contributed by atoms with Crippen LogP contribution in [0.4, 0.5) is 0 Å². The van der Waals surface area contributed by atoms with E-state index in [-0.39, 0.29) is 175 Å². The van der Waals surface area contributed by atoms with E-state index in [4.69, 9.17) is 15.0 Å². The molecule has 0 saturated heterocycles. The number of imidazole rings is 5. The summed E-state index contributed by atoms with van der Waals surface area (Å²) in [5.41, 5.74) is 17.1. The normalized spacial score (nSPS) is 10.6. The zero-order valence-electron chi connectivity index (χ0n) is 74.2. The summed E-state index contributed by atoms with van der Waals surface area (Å²) < 4.78 is 11.1. The van der Waals surface area contributed by atoms with Gasteiger partial charge in [-0.05, 0) is 115 Å². The number of fused-ring (bicyclic) bond motifs is 44. The minimum absolute atomic E-state index is 0. The third-order valence-corrected chi connectivity index (χ3v) is 23.3. The Morgan fingerprint density at radius 1 is 0.212 bits per heavy atom. The number of nitrogens with zero attached hydrogens (tertiary/aromatic N) is 11. The van der Waals surface area contributed by atoms with Crippen LogP contribution >= 0.6 is 0 Å². The molecule has 0 aliphatic heterocycles. The van der Waals surface area contributed by atoms with Crippen molar-refractivity contribution in [1.82, 2.24) is 51.9 Å². The van der Waals surface area contributed by atoms with Crippen LogP contribution in [0, 0.1) is 105 Å². The minimum atomic E-state index is 0. The van der Waals surface area contributed by atoms with Gasteiger partial charge >= 0.3 is 101 Å². The molecule has 0 bridgehead atoms. The number of pyridine rings is 6. The largest absolute Gasteiger partial charge is 3.00 e. The number of para-hydroxylation sites is 8. The maximum Gasteiger partial charge on any atom is 3.00 e. The predicted molar refractivity (Wildman–Crippen MR) is 547 cm³/mol. The van der Waals surface area contributed by atoms with Gasteiger partial charge in [0.05, 0.1) is 61.3 Å². The van der Waals surface area contributed by atoms with E-state index in [0.717, 1.165) is 105 Å². The monoisotopic (exact) mass is 2600 g/mol. The molecule has 0 aliphatic rings. The van der Waals surface area contributed by atoms with Gasteiger partial charge in [-0.15, -0.1) is 95.7 Å². The van der Waals surface area contributed by atoms with Crippen LogP contribution in [0.2, 0.25) is 0 Å². The van der Waals surface area contributed by atoms with Crippen molar-refractivity contribution < 1.29 is 101 Å². The van der Waals surface area contributed by atoms with Crippen molar-refractivity contribution in [3.8, 4) is 0 Å². The molecule has 28 rings (SSSR count). The Bertz CT molecular complexity index is 8970. The molecule has 11 aromatic heterocycles. The Hall–Kier alpha value is -12.7. The van der Waals surface area contributed by atoms with Crippen LogP contribution in [-0.2, 0) is 101 Å². The molecule has 16 heteroatoms. The van der Waals surface area contributed by atoms with Gasteiger partial charge in [-0.1, -0.05) is 282 Å². The average Bonchev–Trinajstić information content (AvgIpc) is 1.43. The molecule has 0 atom stereocenters. The van der Waals surface area contributed by atoms with E-state index >= 15 is 0 Å². The van der Waals surface area contributed by atoms with Crippen molar-refractivity contribution >= 4 is 224 Å². The van der Waals surface area contributed by atoms with Crippen LogP contribution in [-0.4, -0.2) is 51.9 Å². The molecule has 17 aromatic carbocycles. The number of hydrogen-bond donors (Lipinski definition) is 0. The Morgan fingerprint density at radius 3 is 0.970 bits per heavy atom. The first-order valence-electron chi connectivity index (χ1n) is 39.1. The molecule has 28 aromatic rings. The molecule has 0 aliphatic carbocycles. The SMILES string of the molecule is [CH3-].[CH3-].[CH3-].[CH3-].[CH3-].[CH3-].[CH3-].[CH3-].[CH3-].[CH3-].[Ir+3].[Ir+3].[Ir+3].[Ir+3].[Ir+3].[c-]1cc2ccccc2c2c1c1nc3ccccc3n1c1cc3ccccc3cc21.[c-]1cc2ccccc2c2c1c1nc3ccccc3n1c1ccccc21.[c-]1cc2ccccc2c2c1c1nccn1c1ccccc21.[c-]1cccc2c1c1nc3ccccc3n1c1cc3ccccc3cc21.[c-]1cccc2c1c1nccn1c1ccncc21. The molecule has 0 N–H and O–H groups in total. The van der Waals surface area contributed by atoms with Gasteiger partial charge in [0.15, 0.2) is 0 Å². The Morgan fingerprint density at radius 2 is 0.515 bits per heavy atom. The zero-order valence-corrected chi connectivity index (χ0v) is 86.2. The fourth-order valence-electron chi connectivity index (χ4n) is 18.2. The van der Waals surface area contributed by atoms with Crippen LogP contribution in [0.1, 0.15) is 0 Å². The third kappa shape index (κ3) is 16.6. The van der Waals surface area contributed by atoms with Crippen molar-refractivity contribution in [2.24, 2.45) is 0 Å². The first kappa shape index (κ1) is 103. The van der Waals surface area contributed by atoms with E-state index in [0.29, 0.717) is 0 Å². The van der Waals surface area contributed by atoms with Crippen LogP contribution in [0.15, 0.2) is 365 Å². The average molecular weight is 2600 g/mol. The van der Waals surface area contributed by atoms with Gasteiger partial charge in [-0.25, -0.2) is 0 Å². The van der Waals surface area contributed by atoms with Gasteiger partial charge in [0, 0.05) is 64.8 Å². The Kier molecular flexibility index (Phi) is 32.9. The summed E-state index contributed by atoms with van der Waals surface area (Å²) in [7, 11) is 0. The van der Waals surface area contributed by atoms with E-state index < -0.39 is 0 Å². The number of rotatable bonds is 0. The second kappa shape index (κ2) is 42.2. The zero-order chi connectivity index (χ0) is 76.8. The fraction of sp³-hybridized carbons (Fsp3) is 0. The third-order valence-electron chi connectivity index (χ3n) is 23.3. The molecule has 0 radical (unpaired) electrons. The molecule has 11 heterocycles. The molecule has 0 saturated carbocycles. The summed E-state index contributed by atoms with van der Waals surface area (Å²) in [6.07, 6.45) is 11.4. The summed E-state index contributed by atoms with van der Waals surface area (Å²) in [6, 6.07) is 131. The molecule has 0 spiro atoms. The second-order valence-electron chi connectivity index (χ2n) is 29.7. The molecule has 11 nitrogen and oxygen atoms in total. The minimum Gasteiger partial charge on any atom is -0.358 e. The van der Waals surface area contributed by atoms with Crippen molar-refractivity contribution in [2.45, 2.75) is 0 Å². The summed E-state index contributed by atoms with van der Waals surface area (Å²) in [4.78, 5) is 28.0. The van der Waals surface area contributed by atoms with Crippen LogP contribution in [0.25, 0.3) is 224 Å². The number of hydrogen-bond acceptors (Lipinski definition) is 6. The fourth-order valence-corrected chi connectivity index (χ4v) is 18.2. The standard InChI is InChI=1S/C27H15N2.2C23H13N2.C19H11N2.C14H8N3.10CH3.5Ir/c1-2-9-19-16-25-22(15-18(19)8-1)26-20-10-4-3-7-17(20)13-14-21(26)27-28-23-11-5-6-12-24(23)29(25)27;1-2-8-16-15(7-1)13-14-18-22(16)17-9-3-5-11-20(17)25-21-12-6-4-10-19(21)24-23(18)25;1-2-8-16-14-22-19(13-15(16)7-1)17-9-3-4-10-18(17)23-24-20-11-5-6-12-21(20)25(22)23;1-2-6-14-13(5-1)9-10-16-18(14)15-7-3-4-8-17(15)21-12-11-20-19(16)21;1-2-4-11-10(3-1)12-9-15-6-5-13(12)17-8-7-16-14(11)17;;;;;;;;;;;;;;;/h1-13,15-16H;1-13H;1-9,11-14H;1-9,11-12H;1-3,5-9H;10*1H3;;;;;/q15*-1;5*+3.